The zero-order valence-electron chi connectivity index (χ0n) is 15.2. The molecule has 0 bridgehead atoms. The Kier molecular flexibility index (Phi) is 5.23. The molecule has 9 heteroatoms. The molecule has 1 aromatic carbocycles. The second kappa shape index (κ2) is 7.80. The summed E-state index contributed by atoms with van der Waals surface area (Å²) in [5.41, 5.74) is 0.797. The third kappa shape index (κ3) is 3.69. The molecule has 2 aliphatic heterocycles. The number of hydrogen-bond acceptors (Lipinski definition) is 7. The Hall–Kier alpha value is -2.59. The second-order valence-electron chi connectivity index (χ2n) is 6.59. The fraction of sp³-hybridized carbons (Fsp3) is 0.316. The summed E-state index contributed by atoms with van der Waals surface area (Å²) in [4.78, 5) is 28.7. The highest BCUT2D eigenvalue weighted by Gasteiger charge is 2.32. The van der Waals surface area contributed by atoms with Crippen LogP contribution in [0.1, 0.15) is 5.56 Å². The van der Waals surface area contributed by atoms with Crippen LogP contribution in [0.15, 0.2) is 45.4 Å². The first-order valence-electron chi connectivity index (χ1n) is 8.80. The van der Waals surface area contributed by atoms with Crippen molar-refractivity contribution in [3.63, 3.8) is 0 Å². The average Bonchev–Trinajstić information content (AvgIpc) is 3.28. The Labute approximate surface area is 166 Å². The molecule has 1 amide bonds. The molecule has 0 saturated carbocycles. The maximum Gasteiger partial charge on any atom is 0.277 e. The number of para-hydroxylation sites is 1. The fourth-order valence-electron chi connectivity index (χ4n) is 3.11. The summed E-state index contributed by atoms with van der Waals surface area (Å²) in [6, 6.07) is 6.96. The van der Waals surface area contributed by atoms with E-state index in [9.17, 15) is 9.59 Å². The summed E-state index contributed by atoms with van der Waals surface area (Å²) in [5, 5.41) is 3.61. The predicted octanol–water partition coefficient (Wildman–Crippen LogP) is 1.11. The number of carbonyl (C=O) groups is 1. The number of nitrogens with zero attached hydrogens (tertiary/aromatic N) is 2. The predicted molar refractivity (Wildman–Crippen MR) is 106 cm³/mol. The number of ether oxygens (including phenoxy) is 2. The third-order valence-electron chi connectivity index (χ3n) is 4.50. The van der Waals surface area contributed by atoms with Gasteiger partial charge in [0, 0.05) is 0 Å². The first-order chi connectivity index (χ1) is 13.5. The molecule has 28 heavy (non-hydrogen) atoms. The summed E-state index contributed by atoms with van der Waals surface area (Å²) in [5.74, 6) is -0.308. The van der Waals surface area contributed by atoms with Crippen LogP contribution in [0, 0.1) is 0 Å². The monoisotopic (exact) mass is 401 g/mol. The summed E-state index contributed by atoms with van der Waals surface area (Å²) in [6.45, 7) is 1.93. The quantitative estimate of drug-likeness (QED) is 0.589. The summed E-state index contributed by atoms with van der Waals surface area (Å²) in [6.07, 6.45) is 2.51. The van der Waals surface area contributed by atoms with Crippen LogP contribution in [0.25, 0.3) is 17.0 Å². The van der Waals surface area contributed by atoms with Crippen molar-refractivity contribution in [3.8, 4) is 0 Å². The van der Waals surface area contributed by atoms with Gasteiger partial charge in [-0.15, -0.1) is 0 Å². The van der Waals surface area contributed by atoms with Gasteiger partial charge >= 0.3 is 0 Å². The van der Waals surface area contributed by atoms with E-state index in [1.807, 2.05) is 11.9 Å². The number of fused-ring (bicyclic) bond motifs is 1. The number of likely N-dealkylation sites (N-methyl/N-ethyl adjacent to an activating group) is 1. The zero-order valence-corrected chi connectivity index (χ0v) is 16.0. The van der Waals surface area contributed by atoms with Crippen LogP contribution in [0.4, 0.5) is 0 Å². The summed E-state index contributed by atoms with van der Waals surface area (Å²) in [7, 11) is 1.85. The Bertz CT molecular complexity index is 1010. The average molecular weight is 401 g/mol. The van der Waals surface area contributed by atoms with Gasteiger partial charge in [-0.25, -0.2) is 0 Å². The Morgan fingerprint density at radius 3 is 2.82 bits per heavy atom. The highest BCUT2D eigenvalue weighted by molar-refractivity contribution is 7.80. The van der Waals surface area contributed by atoms with Crippen LogP contribution in [-0.4, -0.2) is 60.6 Å². The van der Waals surface area contributed by atoms with Gasteiger partial charge in [0.05, 0.1) is 37.4 Å². The van der Waals surface area contributed by atoms with Crippen LogP contribution in [0.2, 0.25) is 0 Å². The molecule has 2 aromatic rings. The van der Waals surface area contributed by atoms with Crippen molar-refractivity contribution in [2.24, 2.45) is 0 Å². The maximum absolute atomic E-state index is 12.8. The van der Waals surface area contributed by atoms with Crippen LogP contribution in [0.5, 0.6) is 0 Å². The first kappa shape index (κ1) is 18.8. The van der Waals surface area contributed by atoms with E-state index in [0.29, 0.717) is 30.7 Å². The standard InChI is InChI=1S/C19H19N3O5S/c1-21(9-16-25-6-7-26-16)11-22-18(24)14(20-19(22)28)8-12-10-27-15-5-3-2-4-13(15)17(12)23/h2-5,8,10,16H,6-7,9,11H2,1H3,(H,20,28). The van der Waals surface area contributed by atoms with Gasteiger partial charge in [0.1, 0.15) is 17.5 Å². The Morgan fingerprint density at radius 1 is 1.29 bits per heavy atom. The van der Waals surface area contributed by atoms with E-state index in [-0.39, 0.29) is 40.7 Å². The lowest BCUT2D eigenvalue weighted by Gasteiger charge is -2.24. The number of nitrogens with one attached hydrogen (secondary N) is 1. The molecule has 2 saturated heterocycles. The molecule has 1 aromatic heterocycles. The van der Waals surface area contributed by atoms with Gasteiger partial charge in [-0.2, -0.15) is 0 Å². The van der Waals surface area contributed by atoms with Crippen molar-refractivity contribution in [2.45, 2.75) is 6.29 Å². The third-order valence-corrected chi connectivity index (χ3v) is 4.83. The van der Waals surface area contributed by atoms with E-state index in [2.05, 4.69) is 5.32 Å². The van der Waals surface area contributed by atoms with Crippen molar-refractivity contribution in [2.75, 3.05) is 33.5 Å². The molecule has 0 aliphatic carbocycles. The molecule has 0 unspecified atom stereocenters. The van der Waals surface area contributed by atoms with Crippen molar-refractivity contribution in [1.82, 2.24) is 15.1 Å². The second-order valence-corrected chi connectivity index (χ2v) is 6.98. The minimum atomic E-state index is -0.308. The Balaban J connectivity index is 1.52. The van der Waals surface area contributed by atoms with Gasteiger partial charge in [0.25, 0.3) is 5.91 Å². The molecule has 1 N–H and O–H groups in total. The molecule has 146 valence electrons. The zero-order chi connectivity index (χ0) is 19.7. The van der Waals surface area contributed by atoms with Crippen LogP contribution >= 0.6 is 12.2 Å². The van der Waals surface area contributed by atoms with Gasteiger partial charge in [-0.1, -0.05) is 12.1 Å². The molecule has 2 aliphatic rings. The number of amides is 1. The SMILES string of the molecule is CN(CC1OCCO1)CN1C(=O)C(=Cc2coc3ccccc3c2=O)NC1=S. The lowest BCUT2D eigenvalue weighted by molar-refractivity contribution is -0.124. The van der Waals surface area contributed by atoms with Crippen molar-refractivity contribution >= 4 is 40.3 Å². The number of rotatable bonds is 5. The lowest BCUT2D eigenvalue weighted by atomic mass is 10.1. The molecule has 0 atom stereocenters. The fourth-order valence-corrected chi connectivity index (χ4v) is 3.36. The van der Waals surface area contributed by atoms with Gasteiger partial charge in [-0.05, 0) is 37.5 Å². The van der Waals surface area contributed by atoms with Crippen LogP contribution in [0.3, 0.4) is 0 Å². The highest BCUT2D eigenvalue weighted by atomic mass is 32.1. The number of benzene rings is 1. The van der Waals surface area contributed by atoms with E-state index in [1.165, 1.54) is 17.2 Å². The van der Waals surface area contributed by atoms with Crippen LogP contribution in [-0.2, 0) is 14.3 Å². The molecule has 2 fully saturated rings. The Morgan fingerprint density at radius 2 is 2.04 bits per heavy atom. The first-order valence-corrected chi connectivity index (χ1v) is 9.20. The van der Waals surface area contributed by atoms with Crippen molar-refractivity contribution in [1.29, 1.82) is 0 Å². The van der Waals surface area contributed by atoms with Gasteiger partial charge in [-0.3, -0.25) is 19.4 Å². The largest absolute Gasteiger partial charge is 0.463 e. The van der Waals surface area contributed by atoms with E-state index < -0.39 is 0 Å². The summed E-state index contributed by atoms with van der Waals surface area (Å²) < 4.78 is 16.3. The normalized spacial score (nSPS) is 19.4. The molecular weight excluding hydrogens is 382 g/mol. The topological polar surface area (TPSA) is 84.2 Å². The number of carbonyl (C=O) groups excluding carboxylic acids is 1. The van der Waals surface area contributed by atoms with E-state index >= 15 is 0 Å². The molecule has 0 spiro atoms. The van der Waals surface area contributed by atoms with Crippen molar-refractivity contribution < 1.29 is 18.7 Å². The van der Waals surface area contributed by atoms with Gasteiger partial charge in [0.15, 0.2) is 16.8 Å². The maximum atomic E-state index is 12.8. The van der Waals surface area contributed by atoms with Gasteiger partial charge in [0.2, 0.25) is 0 Å². The van der Waals surface area contributed by atoms with Crippen LogP contribution < -0.4 is 10.7 Å². The molecule has 4 rings (SSSR count). The molecule has 0 radical (unpaired) electrons. The minimum absolute atomic E-state index is 0.207. The van der Waals surface area contributed by atoms with E-state index in [4.69, 9.17) is 26.1 Å². The van der Waals surface area contributed by atoms with E-state index in [0.717, 1.165) is 0 Å². The smallest absolute Gasteiger partial charge is 0.277 e. The molecule has 3 heterocycles. The van der Waals surface area contributed by atoms with E-state index in [1.54, 1.807) is 24.3 Å². The molecular formula is C19H19N3O5S. The van der Waals surface area contributed by atoms with Gasteiger partial charge < -0.3 is 19.2 Å². The minimum Gasteiger partial charge on any atom is -0.463 e. The molecule has 8 nitrogen and oxygen atoms in total. The number of thiocarbonyl (C=S) groups is 1. The number of hydrogen-bond donors (Lipinski definition) is 1. The van der Waals surface area contributed by atoms with Crippen molar-refractivity contribution in [3.05, 3.63) is 52.0 Å². The highest BCUT2D eigenvalue weighted by Crippen LogP contribution is 2.16. The lowest BCUT2D eigenvalue weighted by Crippen LogP contribution is -2.42. The summed E-state index contributed by atoms with van der Waals surface area (Å²) >= 11 is 5.28.